The van der Waals surface area contributed by atoms with Crippen molar-refractivity contribution in [1.82, 2.24) is 0 Å². The maximum atomic E-state index is 10.7. The van der Waals surface area contributed by atoms with Crippen LogP contribution in [0.4, 0.5) is 0 Å². The average molecular weight is 230 g/mol. The lowest BCUT2D eigenvalue weighted by Gasteiger charge is -2.45. The lowest BCUT2D eigenvalue weighted by molar-refractivity contribution is -0.0796. The highest BCUT2D eigenvalue weighted by atomic mass is 16.3. The molecule has 2 aliphatic rings. The third-order valence-electron chi connectivity index (χ3n) is 4.99. The molecule has 2 saturated carbocycles. The fraction of sp³-hybridized carbons (Fsp3) is 0.625. The van der Waals surface area contributed by atoms with E-state index in [0.717, 1.165) is 25.7 Å². The molecule has 2 fully saturated rings. The molecule has 0 amide bonds. The average Bonchev–Trinajstić information content (AvgIpc) is 2.28. The molecule has 17 heavy (non-hydrogen) atoms. The van der Waals surface area contributed by atoms with Crippen LogP contribution in [0.5, 0.6) is 0 Å². The van der Waals surface area contributed by atoms with E-state index in [1.165, 1.54) is 24.8 Å². The quantitative estimate of drug-likeness (QED) is 0.817. The minimum atomic E-state index is -0.316. The van der Waals surface area contributed by atoms with E-state index in [0.29, 0.717) is 11.8 Å². The van der Waals surface area contributed by atoms with Gasteiger partial charge in [0.2, 0.25) is 0 Å². The van der Waals surface area contributed by atoms with Crippen molar-refractivity contribution in [2.75, 3.05) is 0 Å². The zero-order valence-corrected chi connectivity index (χ0v) is 10.4. The van der Waals surface area contributed by atoms with Crippen LogP contribution in [-0.2, 0) is 0 Å². The first-order valence-electron chi connectivity index (χ1n) is 7.05. The van der Waals surface area contributed by atoms with Gasteiger partial charge in [0.05, 0.1) is 5.60 Å². The number of hydrogen-bond donors (Lipinski definition) is 1. The third kappa shape index (κ3) is 2.13. The second-order valence-corrected chi connectivity index (χ2v) is 5.92. The van der Waals surface area contributed by atoms with E-state index >= 15 is 0 Å². The normalized spacial score (nSPS) is 34.3. The summed E-state index contributed by atoms with van der Waals surface area (Å²) in [5.74, 6) is 1.29. The van der Waals surface area contributed by atoms with Crippen molar-refractivity contribution in [1.29, 1.82) is 0 Å². The van der Waals surface area contributed by atoms with Crippen LogP contribution in [0.15, 0.2) is 30.3 Å². The maximum Gasteiger partial charge on any atom is 0.0676 e. The summed E-state index contributed by atoms with van der Waals surface area (Å²) >= 11 is 0. The third-order valence-corrected chi connectivity index (χ3v) is 4.99. The molecule has 0 radical (unpaired) electrons. The smallest absolute Gasteiger partial charge is 0.0676 e. The summed E-state index contributed by atoms with van der Waals surface area (Å²) in [6, 6.07) is 10.8. The van der Waals surface area contributed by atoms with Crippen molar-refractivity contribution in [3.63, 3.8) is 0 Å². The number of aliphatic hydroxyl groups is 1. The van der Waals surface area contributed by atoms with Gasteiger partial charge in [0.25, 0.3) is 0 Å². The highest BCUT2D eigenvalue weighted by Crippen LogP contribution is 2.47. The van der Waals surface area contributed by atoms with E-state index in [1.807, 2.05) is 0 Å². The van der Waals surface area contributed by atoms with Crippen LogP contribution < -0.4 is 0 Å². The highest BCUT2D eigenvalue weighted by molar-refractivity contribution is 5.20. The van der Waals surface area contributed by atoms with Crippen LogP contribution in [-0.4, -0.2) is 10.7 Å². The topological polar surface area (TPSA) is 20.2 Å². The van der Waals surface area contributed by atoms with Gasteiger partial charge in [-0.1, -0.05) is 36.8 Å². The van der Waals surface area contributed by atoms with Gasteiger partial charge in [-0.25, -0.2) is 0 Å². The summed E-state index contributed by atoms with van der Waals surface area (Å²) < 4.78 is 0. The van der Waals surface area contributed by atoms with Crippen molar-refractivity contribution in [3.05, 3.63) is 35.9 Å². The molecule has 92 valence electrons. The molecule has 0 atom stereocenters. The van der Waals surface area contributed by atoms with Gasteiger partial charge in [0.15, 0.2) is 0 Å². The molecule has 0 spiro atoms. The Hall–Kier alpha value is -0.820. The van der Waals surface area contributed by atoms with Gasteiger partial charge in [-0.15, -0.1) is 0 Å². The lowest BCUT2D eigenvalue weighted by Crippen LogP contribution is -2.44. The summed E-state index contributed by atoms with van der Waals surface area (Å²) in [7, 11) is 0. The first-order chi connectivity index (χ1) is 8.28. The molecule has 2 aliphatic carbocycles. The molecule has 0 heterocycles. The molecule has 1 aromatic rings. The molecule has 1 aromatic carbocycles. The van der Waals surface area contributed by atoms with Crippen molar-refractivity contribution in [3.8, 4) is 0 Å². The highest BCUT2D eigenvalue weighted by Gasteiger charge is 2.42. The van der Waals surface area contributed by atoms with E-state index in [1.54, 1.807) is 0 Å². The minimum absolute atomic E-state index is 0.316. The van der Waals surface area contributed by atoms with E-state index in [9.17, 15) is 5.11 Å². The summed E-state index contributed by atoms with van der Waals surface area (Å²) in [4.78, 5) is 0. The summed E-state index contributed by atoms with van der Waals surface area (Å²) in [5.41, 5.74) is 1.15. The monoisotopic (exact) mass is 230 g/mol. The van der Waals surface area contributed by atoms with E-state index in [4.69, 9.17) is 0 Å². The van der Waals surface area contributed by atoms with Gasteiger partial charge in [0.1, 0.15) is 0 Å². The van der Waals surface area contributed by atoms with E-state index < -0.39 is 0 Å². The Morgan fingerprint density at radius 3 is 2.12 bits per heavy atom. The number of hydrogen-bond acceptors (Lipinski definition) is 1. The molecule has 0 bridgehead atoms. The first kappa shape index (κ1) is 11.3. The molecule has 3 rings (SSSR count). The van der Waals surface area contributed by atoms with Crippen LogP contribution in [0.1, 0.15) is 56.4 Å². The van der Waals surface area contributed by atoms with Crippen LogP contribution in [0, 0.1) is 5.92 Å². The molecular formula is C16H22O. The van der Waals surface area contributed by atoms with Crippen molar-refractivity contribution in [2.24, 2.45) is 5.92 Å². The molecule has 0 aromatic heterocycles. The predicted octanol–water partition coefficient (Wildman–Crippen LogP) is 3.88. The fourth-order valence-electron chi connectivity index (χ4n) is 3.53. The Morgan fingerprint density at radius 1 is 0.941 bits per heavy atom. The van der Waals surface area contributed by atoms with Gasteiger partial charge in [0, 0.05) is 0 Å². The zero-order chi connectivity index (χ0) is 11.7. The van der Waals surface area contributed by atoms with Gasteiger partial charge in [-0.2, -0.15) is 0 Å². The zero-order valence-electron chi connectivity index (χ0n) is 10.4. The van der Waals surface area contributed by atoms with Crippen LogP contribution in [0.25, 0.3) is 0 Å². The second kappa shape index (κ2) is 4.45. The Bertz CT molecular complexity index is 358. The van der Waals surface area contributed by atoms with E-state index in [2.05, 4.69) is 30.3 Å². The second-order valence-electron chi connectivity index (χ2n) is 5.92. The van der Waals surface area contributed by atoms with Crippen LogP contribution in [0.3, 0.4) is 0 Å². The predicted molar refractivity (Wildman–Crippen MR) is 69.9 cm³/mol. The SMILES string of the molecule is OC1(C2CCC2)CCC(c2ccccc2)CC1. The Kier molecular flexibility index (Phi) is 2.96. The summed E-state index contributed by atoms with van der Waals surface area (Å²) in [5, 5.41) is 10.7. The first-order valence-corrected chi connectivity index (χ1v) is 7.05. The molecule has 0 saturated heterocycles. The molecule has 1 heteroatoms. The van der Waals surface area contributed by atoms with Crippen molar-refractivity contribution < 1.29 is 5.11 Å². The maximum absolute atomic E-state index is 10.7. The van der Waals surface area contributed by atoms with Crippen molar-refractivity contribution >= 4 is 0 Å². The lowest BCUT2D eigenvalue weighted by atomic mass is 9.64. The molecular weight excluding hydrogens is 208 g/mol. The summed E-state index contributed by atoms with van der Waals surface area (Å²) in [6.07, 6.45) is 8.19. The number of benzene rings is 1. The van der Waals surface area contributed by atoms with Gasteiger partial charge in [-0.05, 0) is 55.9 Å². The largest absolute Gasteiger partial charge is 0.390 e. The van der Waals surface area contributed by atoms with Gasteiger partial charge >= 0.3 is 0 Å². The Labute approximate surface area is 104 Å². The van der Waals surface area contributed by atoms with Gasteiger partial charge < -0.3 is 5.11 Å². The Balaban J connectivity index is 1.64. The molecule has 1 N–H and O–H groups in total. The van der Waals surface area contributed by atoms with Crippen molar-refractivity contribution in [2.45, 2.75) is 56.5 Å². The summed E-state index contributed by atoms with van der Waals surface area (Å²) in [6.45, 7) is 0. The molecule has 0 unspecified atom stereocenters. The Morgan fingerprint density at radius 2 is 1.59 bits per heavy atom. The minimum Gasteiger partial charge on any atom is -0.390 e. The standard InChI is InChI=1S/C16H22O/c17-16(15-7-4-8-15)11-9-14(10-12-16)13-5-2-1-3-6-13/h1-3,5-6,14-15,17H,4,7-12H2. The fourth-order valence-corrected chi connectivity index (χ4v) is 3.53. The molecule has 1 nitrogen and oxygen atoms in total. The van der Waals surface area contributed by atoms with E-state index in [-0.39, 0.29) is 5.60 Å². The van der Waals surface area contributed by atoms with Crippen LogP contribution >= 0.6 is 0 Å². The van der Waals surface area contributed by atoms with Crippen LogP contribution in [0.2, 0.25) is 0 Å². The molecule has 0 aliphatic heterocycles. The number of rotatable bonds is 2. The van der Waals surface area contributed by atoms with Gasteiger partial charge in [-0.3, -0.25) is 0 Å².